The van der Waals surface area contributed by atoms with Crippen LogP contribution in [0.25, 0.3) is 0 Å². The highest BCUT2D eigenvalue weighted by Crippen LogP contribution is 2.27. The van der Waals surface area contributed by atoms with Crippen LogP contribution in [-0.2, 0) is 15.9 Å². The Bertz CT molecular complexity index is 522. The molecule has 1 saturated heterocycles. The number of carbonyl (C=O) groups is 1. The van der Waals surface area contributed by atoms with Gasteiger partial charge in [0.25, 0.3) is 0 Å². The van der Waals surface area contributed by atoms with Gasteiger partial charge in [0.05, 0.1) is 20.3 Å². The molecular weight excluding hydrogens is 292 g/mol. The number of likely N-dealkylation sites (N-methyl/N-ethyl adjacent to an activating group) is 1. The van der Waals surface area contributed by atoms with Crippen molar-refractivity contribution in [1.29, 1.82) is 0 Å². The van der Waals surface area contributed by atoms with Crippen molar-refractivity contribution in [3.05, 3.63) is 28.3 Å². The molecule has 0 aliphatic carbocycles. The minimum absolute atomic E-state index is 0.321. The second kappa shape index (κ2) is 7.11. The van der Waals surface area contributed by atoms with E-state index in [2.05, 4.69) is 22.0 Å². The standard InChI is InChI=1S/C15H21ClN2O3/c1-10-11(7-13-9-21-5-4-18(13)2)6-12(8-14(10)16)17-15(19)20-3/h6,8,13H,4-5,7,9H2,1-3H3,(H,17,19). The van der Waals surface area contributed by atoms with Gasteiger partial charge in [-0.1, -0.05) is 11.6 Å². The summed E-state index contributed by atoms with van der Waals surface area (Å²) in [6.45, 7) is 4.40. The molecule has 1 aliphatic rings. The highest BCUT2D eigenvalue weighted by molar-refractivity contribution is 6.31. The molecule has 21 heavy (non-hydrogen) atoms. The second-order valence-corrected chi connectivity index (χ2v) is 5.68. The Morgan fingerprint density at radius 3 is 3.00 bits per heavy atom. The van der Waals surface area contributed by atoms with E-state index in [4.69, 9.17) is 16.3 Å². The zero-order valence-corrected chi connectivity index (χ0v) is 13.4. The molecule has 6 heteroatoms. The van der Waals surface area contributed by atoms with Crippen molar-refractivity contribution in [3.8, 4) is 0 Å². The van der Waals surface area contributed by atoms with Gasteiger partial charge in [-0.2, -0.15) is 0 Å². The van der Waals surface area contributed by atoms with Crippen LogP contribution in [0.2, 0.25) is 5.02 Å². The molecule has 1 fully saturated rings. The maximum Gasteiger partial charge on any atom is 0.411 e. The van der Waals surface area contributed by atoms with Crippen LogP contribution >= 0.6 is 11.6 Å². The van der Waals surface area contributed by atoms with Gasteiger partial charge in [0.15, 0.2) is 0 Å². The van der Waals surface area contributed by atoms with Crippen LogP contribution in [0.3, 0.4) is 0 Å². The van der Waals surface area contributed by atoms with E-state index in [1.54, 1.807) is 6.07 Å². The van der Waals surface area contributed by atoms with Crippen LogP contribution in [0.5, 0.6) is 0 Å². The van der Waals surface area contributed by atoms with E-state index in [1.807, 2.05) is 13.0 Å². The molecule has 1 aromatic carbocycles. The smallest absolute Gasteiger partial charge is 0.411 e. The van der Waals surface area contributed by atoms with Gasteiger partial charge < -0.3 is 9.47 Å². The number of halogens is 1. The number of hydrogen-bond donors (Lipinski definition) is 1. The largest absolute Gasteiger partial charge is 0.453 e. The molecule has 2 rings (SSSR count). The third kappa shape index (κ3) is 4.09. The monoisotopic (exact) mass is 312 g/mol. The highest BCUT2D eigenvalue weighted by atomic mass is 35.5. The van der Waals surface area contributed by atoms with Crippen molar-refractivity contribution < 1.29 is 14.3 Å². The van der Waals surface area contributed by atoms with Crippen LogP contribution in [0.4, 0.5) is 10.5 Å². The fraction of sp³-hybridized carbons (Fsp3) is 0.533. The fourth-order valence-electron chi connectivity index (χ4n) is 2.40. The molecule has 0 saturated carbocycles. The lowest BCUT2D eigenvalue weighted by molar-refractivity contribution is 0.00620. The Labute approximate surface area is 130 Å². The number of methoxy groups -OCH3 is 1. The van der Waals surface area contributed by atoms with E-state index in [9.17, 15) is 4.79 Å². The summed E-state index contributed by atoms with van der Waals surface area (Å²) in [4.78, 5) is 13.6. The maximum atomic E-state index is 11.3. The van der Waals surface area contributed by atoms with Crippen LogP contribution in [0.1, 0.15) is 11.1 Å². The van der Waals surface area contributed by atoms with Gasteiger partial charge in [0.2, 0.25) is 0 Å². The number of benzene rings is 1. The molecule has 1 aliphatic heterocycles. The first-order valence-electron chi connectivity index (χ1n) is 6.93. The summed E-state index contributed by atoms with van der Waals surface area (Å²) < 4.78 is 10.2. The molecule has 1 amide bonds. The average Bonchev–Trinajstić information content (AvgIpc) is 2.46. The molecule has 116 valence electrons. The van der Waals surface area contributed by atoms with E-state index in [0.717, 1.165) is 30.7 Å². The zero-order chi connectivity index (χ0) is 15.4. The number of nitrogens with zero attached hydrogens (tertiary/aromatic N) is 1. The molecular formula is C15H21ClN2O3. The van der Waals surface area contributed by atoms with E-state index in [1.165, 1.54) is 7.11 Å². The summed E-state index contributed by atoms with van der Waals surface area (Å²) in [5, 5.41) is 3.30. The van der Waals surface area contributed by atoms with Crippen molar-refractivity contribution >= 4 is 23.4 Å². The van der Waals surface area contributed by atoms with Crippen molar-refractivity contribution in [2.24, 2.45) is 0 Å². The van der Waals surface area contributed by atoms with E-state index in [-0.39, 0.29) is 0 Å². The van der Waals surface area contributed by atoms with Crippen LogP contribution in [0, 0.1) is 6.92 Å². The van der Waals surface area contributed by atoms with Crippen LogP contribution in [-0.4, -0.2) is 51.0 Å². The quantitative estimate of drug-likeness (QED) is 0.932. The lowest BCUT2D eigenvalue weighted by Crippen LogP contribution is -2.44. The first-order valence-corrected chi connectivity index (χ1v) is 7.31. The van der Waals surface area contributed by atoms with Gasteiger partial charge in [-0.3, -0.25) is 10.2 Å². The molecule has 1 N–H and O–H groups in total. The fourth-order valence-corrected chi connectivity index (χ4v) is 2.63. The summed E-state index contributed by atoms with van der Waals surface area (Å²) in [5.74, 6) is 0. The molecule has 0 radical (unpaired) electrons. The summed E-state index contributed by atoms with van der Waals surface area (Å²) in [5.41, 5.74) is 2.79. The topological polar surface area (TPSA) is 50.8 Å². The van der Waals surface area contributed by atoms with Crippen LogP contribution in [0.15, 0.2) is 12.1 Å². The minimum atomic E-state index is -0.501. The third-order valence-corrected chi connectivity index (χ3v) is 4.25. The van der Waals surface area contributed by atoms with Crippen LogP contribution < -0.4 is 5.32 Å². The Balaban J connectivity index is 2.19. The maximum absolute atomic E-state index is 11.3. The van der Waals surface area contributed by atoms with Crippen molar-refractivity contribution in [3.63, 3.8) is 0 Å². The number of amides is 1. The van der Waals surface area contributed by atoms with Crippen molar-refractivity contribution in [2.75, 3.05) is 39.2 Å². The number of anilines is 1. The molecule has 0 aromatic heterocycles. The Morgan fingerprint density at radius 1 is 1.57 bits per heavy atom. The normalized spacial score (nSPS) is 19.3. The molecule has 1 heterocycles. The van der Waals surface area contributed by atoms with E-state index in [0.29, 0.717) is 23.4 Å². The molecule has 1 aromatic rings. The summed E-state index contributed by atoms with van der Waals surface area (Å²) in [6.07, 6.45) is 0.331. The lowest BCUT2D eigenvalue weighted by Gasteiger charge is -2.33. The van der Waals surface area contributed by atoms with Gasteiger partial charge in [-0.05, 0) is 43.7 Å². The van der Waals surface area contributed by atoms with Gasteiger partial charge in [-0.15, -0.1) is 0 Å². The van der Waals surface area contributed by atoms with Gasteiger partial charge in [0, 0.05) is 23.3 Å². The summed E-state index contributed by atoms with van der Waals surface area (Å²) in [6, 6.07) is 4.00. The van der Waals surface area contributed by atoms with Gasteiger partial charge in [-0.25, -0.2) is 4.79 Å². The number of ether oxygens (including phenoxy) is 2. The molecule has 5 nitrogen and oxygen atoms in total. The van der Waals surface area contributed by atoms with Crippen molar-refractivity contribution in [2.45, 2.75) is 19.4 Å². The number of morpholine rings is 1. The Hall–Kier alpha value is -1.30. The third-order valence-electron chi connectivity index (χ3n) is 3.86. The Morgan fingerprint density at radius 2 is 2.33 bits per heavy atom. The number of hydrogen-bond acceptors (Lipinski definition) is 4. The number of rotatable bonds is 3. The lowest BCUT2D eigenvalue weighted by atomic mass is 9.99. The van der Waals surface area contributed by atoms with Gasteiger partial charge in [0.1, 0.15) is 0 Å². The number of nitrogens with one attached hydrogen (secondary N) is 1. The summed E-state index contributed by atoms with van der Waals surface area (Å²) >= 11 is 6.26. The van der Waals surface area contributed by atoms with E-state index < -0.39 is 6.09 Å². The molecule has 1 atom stereocenters. The average molecular weight is 313 g/mol. The molecule has 0 bridgehead atoms. The first kappa shape index (κ1) is 16.1. The van der Waals surface area contributed by atoms with E-state index >= 15 is 0 Å². The SMILES string of the molecule is COC(=O)Nc1cc(Cl)c(C)c(CC2COCCN2C)c1. The predicted octanol–water partition coefficient (Wildman–Crippen LogP) is 2.70. The molecule has 1 unspecified atom stereocenters. The predicted molar refractivity (Wildman–Crippen MR) is 83.2 cm³/mol. The Kier molecular flexibility index (Phi) is 5.45. The zero-order valence-electron chi connectivity index (χ0n) is 12.6. The minimum Gasteiger partial charge on any atom is -0.453 e. The van der Waals surface area contributed by atoms with Crippen molar-refractivity contribution in [1.82, 2.24) is 4.90 Å². The van der Waals surface area contributed by atoms with Gasteiger partial charge >= 0.3 is 6.09 Å². The number of carbonyl (C=O) groups excluding carboxylic acids is 1. The highest BCUT2D eigenvalue weighted by Gasteiger charge is 2.21. The summed E-state index contributed by atoms with van der Waals surface area (Å²) in [7, 11) is 3.43. The second-order valence-electron chi connectivity index (χ2n) is 5.27. The molecule has 0 spiro atoms. The first-order chi connectivity index (χ1) is 10.0.